The summed E-state index contributed by atoms with van der Waals surface area (Å²) in [5.41, 5.74) is 3.41. The van der Waals surface area contributed by atoms with Gasteiger partial charge in [0.25, 0.3) is 5.91 Å². The van der Waals surface area contributed by atoms with Gasteiger partial charge in [0, 0.05) is 33.4 Å². The minimum Gasteiger partial charge on any atom is -0.322 e. The maximum Gasteiger partial charge on any atom is 0.255 e. The van der Waals surface area contributed by atoms with Crippen LogP contribution in [0.2, 0.25) is 5.02 Å². The van der Waals surface area contributed by atoms with Gasteiger partial charge in [-0.2, -0.15) is 0 Å². The Kier molecular flexibility index (Phi) is 5.88. The van der Waals surface area contributed by atoms with Crippen molar-refractivity contribution in [2.24, 2.45) is 0 Å². The van der Waals surface area contributed by atoms with E-state index < -0.39 is 0 Å². The third-order valence-electron chi connectivity index (χ3n) is 4.73. The van der Waals surface area contributed by atoms with E-state index in [1.165, 1.54) is 17.3 Å². The molecule has 0 saturated heterocycles. The SMILES string of the molecule is O=C(Nc1cccc(SCC(=O)N2CCc3ccccc32)c1)c1cccc(Cl)c1. The molecule has 4 nitrogen and oxygen atoms in total. The molecule has 0 aromatic heterocycles. The van der Waals surface area contributed by atoms with Crippen molar-refractivity contribution in [3.8, 4) is 0 Å². The molecule has 1 aliphatic rings. The lowest BCUT2D eigenvalue weighted by molar-refractivity contribution is -0.116. The van der Waals surface area contributed by atoms with Crippen LogP contribution in [0.1, 0.15) is 15.9 Å². The van der Waals surface area contributed by atoms with Crippen LogP contribution in [-0.2, 0) is 11.2 Å². The molecule has 0 fully saturated rings. The number of amides is 2. The lowest BCUT2D eigenvalue weighted by atomic mass is 10.2. The monoisotopic (exact) mass is 422 g/mol. The zero-order chi connectivity index (χ0) is 20.2. The summed E-state index contributed by atoms with van der Waals surface area (Å²) >= 11 is 7.42. The fourth-order valence-electron chi connectivity index (χ4n) is 3.32. The summed E-state index contributed by atoms with van der Waals surface area (Å²) in [6.07, 6.45) is 0.900. The highest BCUT2D eigenvalue weighted by molar-refractivity contribution is 8.00. The van der Waals surface area contributed by atoms with Crippen LogP contribution in [0, 0.1) is 0 Å². The van der Waals surface area contributed by atoms with Crippen molar-refractivity contribution in [1.29, 1.82) is 0 Å². The number of nitrogens with zero attached hydrogens (tertiary/aromatic N) is 1. The third kappa shape index (κ3) is 4.63. The Bertz CT molecular complexity index is 1070. The number of para-hydroxylation sites is 1. The van der Waals surface area contributed by atoms with Crippen LogP contribution in [-0.4, -0.2) is 24.1 Å². The molecule has 0 unspecified atom stereocenters. The molecule has 1 heterocycles. The highest BCUT2D eigenvalue weighted by Gasteiger charge is 2.23. The highest BCUT2D eigenvalue weighted by Crippen LogP contribution is 2.29. The first kappa shape index (κ1) is 19.6. The van der Waals surface area contributed by atoms with E-state index in [1.54, 1.807) is 24.3 Å². The second-order valence-corrected chi connectivity index (χ2v) is 8.19. The first-order chi connectivity index (χ1) is 14.1. The number of benzene rings is 3. The van der Waals surface area contributed by atoms with E-state index in [2.05, 4.69) is 11.4 Å². The van der Waals surface area contributed by atoms with E-state index in [-0.39, 0.29) is 11.8 Å². The predicted octanol–water partition coefficient (Wildman–Crippen LogP) is 5.27. The molecular formula is C23H19ClN2O2S. The van der Waals surface area contributed by atoms with Crippen LogP contribution >= 0.6 is 23.4 Å². The van der Waals surface area contributed by atoms with Gasteiger partial charge in [-0.25, -0.2) is 0 Å². The molecule has 1 aliphatic heterocycles. The first-order valence-electron chi connectivity index (χ1n) is 9.28. The molecule has 1 N–H and O–H groups in total. The third-order valence-corrected chi connectivity index (χ3v) is 5.94. The van der Waals surface area contributed by atoms with Gasteiger partial charge in [0.1, 0.15) is 0 Å². The fourth-order valence-corrected chi connectivity index (χ4v) is 4.34. The van der Waals surface area contributed by atoms with Crippen LogP contribution in [0.25, 0.3) is 0 Å². The molecule has 4 rings (SSSR count). The van der Waals surface area contributed by atoms with Gasteiger partial charge in [-0.05, 0) is 54.4 Å². The molecule has 0 atom stereocenters. The average molecular weight is 423 g/mol. The summed E-state index contributed by atoms with van der Waals surface area (Å²) in [7, 11) is 0. The van der Waals surface area contributed by atoms with Crippen LogP contribution in [0.3, 0.4) is 0 Å². The van der Waals surface area contributed by atoms with Gasteiger partial charge in [0.05, 0.1) is 5.75 Å². The van der Waals surface area contributed by atoms with E-state index in [1.807, 2.05) is 47.4 Å². The number of carbonyl (C=O) groups excluding carboxylic acids is 2. The molecule has 6 heteroatoms. The molecule has 0 spiro atoms. The summed E-state index contributed by atoms with van der Waals surface area (Å²) in [5.74, 6) is 0.216. The number of anilines is 2. The number of carbonyl (C=O) groups is 2. The zero-order valence-corrected chi connectivity index (χ0v) is 17.2. The number of rotatable bonds is 5. The minimum absolute atomic E-state index is 0.0910. The Morgan fingerprint density at radius 3 is 2.69 bits per heavy atom. The molecule has 2 amide bonds. The fraction of sp³-hybridized carbons (Fsp3) is 0.130. The van der Waals surface area contributed by atoms with Crippen molar-refractivity contribution in [3.05, 3.63) is 88.9 Å². The van der Waals surface area contributed by atoms with Crippen molar-refractivity contribution in [2.45, 2.75) is 11.3 Å². The number of fused-ring (bicyclic) bond motifs is 1. The van der Waals surface area contributed by atoms with Gasteiger partial charge in [-0.1, -0.05) is 41.9 Å². The summed E-state index contributed by atoms with van der Waals surface area (Å²) in [6.45, 7) is 0.731. The van der Waals surface area contributed by atoms with E-state index in [9.17, 15) is 9.59 Å². The number of hydrogen-bond donors (Lipinski definition) is 1. The molecule has 29 heavy (non-hydrogen) atoms. The van der Waals surface area contributed by atoms with Crippen molar-refractivity contribution in [3.63, 3.8) is 0 Å². The molecular weight excluding hydrogens is 404 g/mol. The number of nitrogens with one attached hydrogen (secondary N) is 1. The number of hydrogen-bond acceptors (Lipinski definition) is 3. The van der Waals surface area contributed by atoms with Crippen LogP contribution < -0.4 is 10.2 Å². The predicted molar refractivity (Wildman–Crippen MR) is 119 cm³/mol. The Morgan fingerprint density at radius 1 is 1.00 bits per heavy atom. The maximum absolute atomic E-state index is 12.7. The topological polar surface area (TPSA) is 49.4 Å². The average Bonchev–Trinajstić information content (AvgIpc) is 3.16. The van der Waals surface area contributed by atoms with Crippen molar-refractivity contribution in [2.75, 3.05) is 22.5 Å². The minimum atomic E-state index is -0.223. The number of thioether (sulfide) groups is 1. The standard InChI is InChI=1S/C23H19ClN2O2S/c24-18-7-3-6-17(13-18)23(28)25-19-8-4-9-20(14-19)29-15-22(27)26-12-11-16-5-1-2-10-21(16)26/h1-10,13-14H,11-12,15H2,(H,25,28). The van der Waals surface area contributed by atoms with Crippen LogP contribution in [0.15, 0.2) is 77.7 Å². The molecule has 3 aromatic rings. The molecule has 0 aliphatic carbocycles. The highest BCUT2D eigenvalue weighted by atomic mass is 35.5. The summed E-state index contributed by atoms with van der Waals surface area (Å²) in [6, 6.07) is 22.3. The van der Waals surface area contributed by atoms with Gasteiger partial charge in [0.2, 0.25) is 5.91 Å². The summed E-state index contributed by atoms with van der Waals surface area (Å²) in [4.78, 5) is 27.9. The Morgan fingerprint density at radius 2 is 1.83 bits per heavy atom. The Labute approximate surface area is 178 Å². The molecule has 0 bridgehead atoms. The van der Waals surface area contributed by atoms with Gasteiger partial charge < -0.3 is 10.2 Å². The largest absolute Gasteiger partial charge is 0.322 e. The normalized spacial score (nSPS) is 12.5. The van der Waals surface area contributed by atoms with Crippen LogP contribution in [0.5, 0.6) is 0 Å². The summed E-state index contributed by atoms with van der Waals surface area (Å²) in [5, 5.41) is 3.39. The molecule has 0 saturated carbocycles. The van der Waals surface area contributed by atoms with Gasteiger partial charge in [-0.3, -0.25) is 9.59 Å². The van der Waals surface area contributed by atoms with E-state index in [0.29, 0.717) is 22.0 Å². The van der Waals surface area contributed by atoms with E-state index >= 15 is 0 Å². The van der Waals surface area contributed by atoms with Crippen molar-refractivity contribution >= 4 is 46.6 Å². The quantitative estimate of drug-likeness (QED) is 0.569. The van der Waals surface area contributed by atoms with Gasteiger partial charge in [-0.15, -0.1) is 11.8 Å². The Hall–Kier alpha value is -2.76. The zero-order valence-electron chi connectivity index (χ0n) is 15.6. The smallest absolute Gasteiger partial charge is 0.255 e. The lowest BCUT2D eigenvalue weighted by Gasteiger charge is -2.17. The van der Waals surface area contributed by atoms with E-state index in [4.69, 9.17) is 11.6 Å². The van der Waals surface area contributed by atoms with Crippen molar-refractivity contribution < 1.29 is 9.59 Å². The van der Waals surface area contributed by atoms with Crippen LogP contribution in [0.4, 0.5) is 11.4 Å². The summed E-state index contributed by atoms with van der Waals surface area (Å²) < 4.78 is 0. The van der Waals surface area contributed by atoms with Gasteiger partial charge >= 0.3 is 0 Å². The van der Waals surface area contributed by atoms with Gasteiger partial charge in [0.15, 0.2) is 0 Å². The number of halogens is 1. The molecule has 3 aromatic carbocycles. The second-order valence-electron chi connectivity index (χ2n) is 6.71. The maximum atomic E-state index is 12.7. The van der Waals surface area contributed by atoms with E-state index in [0.717, 1.165) is 23.5 Å². The molecule has 0 radical (unpaired) electrons. The second kappa shape index (κ2) is 8.72. The lowest BCUT2D eigenvalue weighted by Crippen LogP contribution is -2.30. The first-order valence-corrected chi connectivity index (χ1v) is 10.6. The van der Waals surface area contributed by atoms with Crippen molar-refractivity contribution in [1.82, 2.24) is 0 Å². The Balaban J connectivity index is 1.38. The molecule has 146 valence electrons.